The van der Waals surface area contributed by atoms with Gasteiger partial charge >= 0.3 is 0 Å². The van der Waals surface area contributed by atoms with Crippen LogP contribution in [0.15, 0.2) is 47.2 Å². The average molecular weight is 351 g/mol. The fraction of sp³-hybridized carbons (Fsp3) is 0.312. The van der Waals surface area contributed by atoms with Crippen molar-refractivity contribution in [2.24, 2.45) is 0 Å². The summed E-state index contributed by atoms with van der Waals surface area (Å²) in [5.41, 5.74) is 2.27. The molecule has 2 rings (SSSR count). The summed E-state index contributed by atoms with van der Waals surface area (Å²) in [5.74, 6) is 0.860. The van der Waals surface area contributed by atoms with Gasteiger partial charge in [-0.15, -0.1) is 0 Å². The Morgan fingerprint density at radius 1 is 1.19 bits per heavy atom. The van der Waals surface area contributed by atoms with Gasteiger partial charge in [0, 0.05) is 37.1 Å². The van der Waals surface area contributed by atoms with Crippen molar-refractivity contribution in [3.05, 3.63) is 58.3 Å². The molecule has 0 saturated carbocycles. The maximum Gasteiger partial charge on any atom is 0.120 e. The fourth-order valence-corrected chi connectivity index (χ4v) is 2.21. The van der Waals surface area contributed by atoms with Crippen molar-refractivity contribution in [1.29, 1.82) is 0 Å². The van der Waals surface area contributed by atoms with Gasteiger partial charge in [-0.25, -0.2) is 0 Å². The minimum atomic E-state index is 0.542. The molecule has 112 valence electrons. The lowest BCUT2D eigenvalue weighted by molar-refractivity contribution is 0.199. The first-order valence-electron chi connectivity index (χ1n) is 6.79. The van der Waals surface area contributed by atoms with Gasteiger partial charge in [0.15, 0.2) is 0 Å². The highest BCUT2D eigenvalue weighted by molar-refractivity contribution is 9.10. The molecule has 2 aromatic rings. The molecule has 0 amide bonds. The van der Waals surface area contributed by atoms with Crippen LogP contribution >= 0.6 is 15.9 Å². The van der Waals surface area contributed by atoms with Crippen LogP contribution in [0.2, 0.25) is 0 Å². The van der Waals surface area contributed by atoms with Crippen LogP contribution in [0.25, 0.3) is 0 Å². The van der Waals surface area contributed by atoms with E-state index >= 15 is 0 Å². The van der Waals surface area contributed by atoms with Gasteiger partial charge < -0.3 is 14.8 Å². The minimum absolute atomic E-state index is 0.542. The Morgan fingerprint density at radius 3 is 2.76 bits per heavy atom. The van der Waals surface area contributed by atoms with Crippen LogP contribution in [0, 0.1) is 0 Å². The topological polar surface area (TPSA) is 43.4 Å². The van der Waals surface area contributed by atoms with Gasteiger partial charge in [-0.05, 0) is 41.5 Å². The molecule has 0 aliphatic rings. The van der Waals surface area contributed by atoms with Gasteiger partial charge in [0.1, 0.15) is 12.4 Å². The number of halogens is 1. The number of nitrogens with zero attached hydrogens (tertiary/aromatic N) is 1. The average Bonchev–Trinajstić information content (AvgIpc) is 2.53. The summed E-state index contributed by atoms with van der Waals surface area (Å²) in [5, 5.41) is 3.33. The van der Waals surface area contributed by atoms with Crippen molar-refractivity contribution in [1.82, 2.24) is 10.3 Å². The molecule has 0 radical (unpaired) electrons. The summed E-state index contributed by atoms with van der Waals surface area (Å²) in [6.07, 6.45) is 3.54. The first-order valence-corrected chi connectivity index (χ1v) is 7.58. The zero-order chi connectivity index (χ0) is 14.9. The Labute approximate surface area is 133 Å². The van der Waals surface area contributed by atoms with Crippen molar-refractivity contribution in [3.8, 4) is 5.75 Å². The molecule has 0 aliphatic carbocycles. The number of ether oxygens (including phenoxy) is 2. The van der Waals surface area contributed by atoms with E-state index in [-0.39, 0.29) is 0 Å². The summed E-state index contributed by atoms with van der Waals surface area (Å²) in [4.78, 5) is 3.99. The molecule has 4 nitrogen and oxygen atoms in total. The molecule has 0 fully saturated rings. The summed E-state index contributed by atoms with van der Waals surface area (Å²) < 4.78 is 11.9. The summed E-state index contributed by atoms with van der Waals surface area (Å²) >= 11 is 3.56. The highest BCUT2D eigenvalue weighted by Crippen LogP contribution is 2.23. The molecule has 0 aliphatic heterocycles. The molecule has 0 atom stereocenters. The zero-order valence-corrected chi connectivity index (χ0v) is 13.6. The van der Waals surface area contributed by atoms with E-state index in [4.69, 9.17) is 9.47 Å². The Bertz CT molecular complexity index is 549. The first kappa shape index (κ1) is 15.9. The van der Waals surface area contributed by atoms with Gasteiger partial charge in [-0.1, -0.05) is 15.9 Å². The third-order valence-corrected chi connectivity index (χ3v) is 3.74. The number of benzene rings is 1. The van der Waals surface area contributed by atoms with Crippen LogP contribution in [-0.2, 0) is 17.9 Å². The third-order valence-electron chi connectivity index (χ3n) is 2.97. The highest BCUT2D eigenvalue weighted by Gasteiger charge is 2.03. The van der Waals surface area contributed by atoms with E-state index in [2.05, 4.69) is 26.2 Å². The van der Waals surface area contributed by atoms with Gasteiger partial charge in [0.25, 0.3) is 0 Å². The number of aromatic nitrogens is 1. The van der Waals surface area contributed by atoms with Crippen molar-refractivity contribution < 1.29 is 9.47 Å². The summed E-state index contributed by atoms with van der Waals surface area (Å²) in [6.45, 7) is 2.85. The minimum Gasteiger partial charge on any atom is -0.489 e. The van der Waals surface area contributed by atoms with Crippen LogP contribution in [0.1, 0.15) is 11.1 Å². The van der Waals surface area contributed by atoms with Crippen LogP contribution in [0.3, 0.4) is 0 Å². The normalized spacial score (nSPS) is 10.6. The van der Waals surface area contributed by atoms with E-state index in [0.29, 0.717) is 13.2 Å². The van der Waals surface area contributed by atoms with E-state index in [1.165, 1.54) is 5.56 Å². The predicted octanol–water partition coefficient (Wildman–Crippen LogP) is 3.16. The molecular weight excluding hydrogens is 332 g/mol. The number of nitrogens with one attached hydrogen (secondary N) is 1. The smallest absolute Gasteiger partial charge is 0.120 e. The standard InChI is InChI=1S/C16H19BrN2O2/c1-20-9-8-19-11-14-10-15(2-3-16(14)17)21-12-13-4-6-18-7-5-13/h2-7,10,19H,8-9,11-12H2,1H3. The quantitative estimate of drug-likeness (QED) is 0.742. The highest BCUT2D eigenvalue weighted by atomic mass is 79.9. The first-order chi connectivity index (χ1) is 10.3. The van der Waals surface area contributed by atoms with Crippen molar-refractivity contribution in [2.45, 2.75) is 13.2 Å². The summed E-state index contributed by atoms with van der Waals surface area (Å²) in [7, 11) is 1.70. The number of pyridine rings is 1. The Morgan fingerprint density at radius 2 is 2.00 bits per heavy atom. The molecule has 1 aromatic heterocycles. The number of hydrogen-bond donors (Lipinski definition) is 1. The number of rotatable bonds is 8. The number of hydrogen-bond acceptors (Lipinski definition) is 4. The molecule has 1 heterocycles. The largest absolute Gasteiger partial charge is 0.489 e. The molecule has 1 aromatic carbocycles. The molecule has 0 saturated heterocycles. The molecule has 0 unspecified atom stereocenters. The van der Waals surface area contributed by atoms with E-state index in [9.17, 15) is 0 Å². The SMILES string of the molecule is COCCNCc1cc(OCc2ccncc2)ccc1Br. The molecule has 21 heavy (non-hydrogen) atoms. The second-order valence-electron chi connectivity index (χ2n) is 4.57. The second kappa shape index (κ2) is 8.77. The van der Waals surface area contributed by atoms with E-state index in [0.717, 1.165) is 28.9 Å². The zero-order valence-electron chi connectivity index (χ0n) is 12.0. The molecule has 1 N–H and O–H groups in total. The Kier molecular flexibility index (Phi) is 6.66. The third kappa shape index (κ3) is 5.46. The van der Waals surface area contributed by atoms with Gasteiger partial charge in [-0.3, -0.25) is 4.98 Å². The molecule has 0 spiro atoms. The van der Waals surface area contributed by atoms with Crippen molar-refractivity contribution >= 4 is 15.9 Å². The van der Waals surface area contributed by atoms with Gasteiger partial charge in [0.05, 0.1) is 6.61 Å². The number of methoxy groups -OCH3 is 1. The maximum atomic E-state index is 5.81. The van der Waals surface area contributed by atoms with Gasteiger partial charge in [-0.2, -0.15) is 0 Å². The Balaban J connectivity index is 1.91. The molecular formula is C16H19BrN2O2. The lowest BCUT2D eigenvalue weighted by atomic mass is 10.2. The monoisotopic (exact) mass is 350 g/mol. The van der Waals surface area contributed by atoms with Crippen LogP contribution in [0.5, 0.6) is 5.75 Å². The van der Waals surface area contributed by atoms with E-state index in [1.807, 2.05) is 30.3 Å². The lowest BCUT2D eigenvalue weighted by Gasteiger charge is -2.11. The fourth-order valence-electron chi connectivity index (χ4n) is 1.82. The van der Waals surface area contributed by atoms with Crippen LogP contribution in [-0.4, -0.2) is 25.2 Å². The second-order valence-corrected chi connectivity index (χ2v) is 5.42. The predicted molar refractivity (Wildman–Crippen MR) is 86.3 cm³/mol. The van der Waals surface area contributed by atoms with Crippen molar-refractivity contribution in [3.63, 3.8) is 0 Å². The summed E-state index contributed by atoms with van der Waals surface area (Å²) in [6, 6.07) is 9.92. The van der Waals surface area contributed by atoms with Crippen molar-refractivity contribution in [2.75, 3.05) is 20.3 Å². The van der Waals surface area contributed by atoms with Crippen LogP contribution < -0.4 is 10.1 Å². The lowest BCUT2D eigenvalue weighted by Crippen LogP contribution is -2.18. The van der Waals surface area contributed by atoms with Crippen LogP contribution in [0.4, 0.5) is 0 Å². The van der Waals surface area contributed by atoms with Gasteiger partial charge in [0.2, 0.25) is 0 Å². The van der Waals surface area contributed by atoms with E-state index < -0.39 is 0 Å². The molecule has 5 heteroatoms. The van der Waals surface area contributed by atoms with E-state index in [1.54, 1.807) is 19.5 Å². The maximum absolute atomic E-state index is 5.81. The molecule has 0 bridgehead atoms. The Hall–Kier alpha value is -1.43.